The van der Waals surface area contributed by atoms with Crippen LogP contribution >= 0.6 is 0 Å². The Labute approximate surface area is 122 Å². The maximum Gasteiger partial charge on any atom is 0.305 e. The van der Waals surface area contributed by atoms with E-state index in [1.165, 1.54) is 6.33 Å². The molecular weight excluding hydrogens is 270 g/mol. The number of nitrogens with one attached hydrogen (secondary N) is 1. The van der Waals surface area contributed by atoms with E-state index in [1.54, 1.807) is 10.9 Å². The number of fused-ring (bicyclic) bond motifs is 1. The van der Waals surface area contributed by atoms with Crippen LogP contribution in [0.3, 0.4) is 0 Å². The van der Waals surface area contributed by atoms with Gasteiger partial charge in [-0.05, 0) is 12.8 Å². The van der Waals surface area contributed by atoms with Crippen molar-refractivity contribution in [3.05, 3.63) is 12.5 Å². The third-order valence-corrected chi connectivity index (χ3v) is 4.21. The first-order valence-electron chi connectivity index (χ1n) is 7.22. The Morgan fingerprint density at radius 3 is 2.86 bits per heavy atom. The molecule has 0 saturated heterocycles. The predicted molar refractivity (Wildman–Crippen MR) is 78.0 cm³/mol. The summed E-state index contributed by atoms with van der Waals surface area (Å²) in [5.41, 5.74) is 0.329. The Balaban J connectivity index is 1.95. The Morgan fingerprint density at radius 2 is 2.14 bits per heavy atom. The molecule has 0 unspecified atom stereocenters. The highest BCUT2D eigenvalue weighted by Gasteiger charge is 2.35. The average Bonchev–Trinajstić information content (AvgIpc) is 2.82. The van der Waals surface area contributed by atoms with Crippen molar-refractivity contribution in [1.29, 1.82) is 0 Å². The lowest BCUT2D eigenvalue weighted by atomic mass is 9.79. The van der Waals surface area contributed by atoms with E-state index in [4.69, 9.17) is 0 Å². The molecular formula is C14H19N5O2. The van der Waals surface area contributed by atoms with Gasteiger partial charge in [0.15, 0.2) is 5.65 Å². The molecule has 2 heterocycles. The van der Waals surface area contributed by atoms with Gasteiger partial charge in [0.05, 0.1) is 18.0 Å². The minimum atomic E-state index is -0.777. The van der Waals surface area contributed by atoms with Gasteiger partial charge in [0.25, 0.3) is 0 Å². The molecule has 112 valence electrons. The first kappa shape index (κ1) is 13.8. The van der Waals surface area contributed by atoms with E-state index >= 15 is 0 Å². The largest absolute Gasteiger partial charge is 0.481 e. The first-order valence-corrected chi connectivity index (χ1v) is 7.22. The summed E-state index contributed by atoms with van der Waals surface area (Å²) in [6.07, 6.45) is 8.27. The van der Waals surface area contributed by atoms with Gasteiger partial charge in [0, 0.05) is 12.6 Å². The van der Waals surface area contributed by atoms with Crippen LogP contribution in [-0.2, 0) is 11.8 Å². The highest BCUT2D eigenvalue weighted by atomic mass is 16.4. The Morgan fingerprint density at radius 1 is 1.38 bits per heavy atom. The maximum atomic E-state index is 11.2. The Kier molecular flexibility index (Phi) is 3.48. The molecule has 1 aliphatic rings. The summed E-state index contributed by atoms with van der Waals surface area (Å²) < 4.78 is 1.69. The van der Waals surface area contributed by atoms with Crippen LogP contribution in [-0.4, -0.2) is 36.4 Å². The molecule has 0 aliphatic heterocycles. The van der Waals surface area contributed by atoms with Crippen LogP contribution in [0.1, 0.15) is 38.5 Å². The molecule has 0 atom stereocenters. The van der Waals surface area contributed by atoms with E-state index in [-0.39, 0.29) is 6.42 Å². The zero-order chi connectivity index (χ0) is 14.9. The number of aryl methyl sites for hydroxylation is 1. The van der Waals surface area contributed by atoms with Gasteiger partial charge < -0.3 is 10.4 Å². The minimum absolute atomic E-state index is 0.110. The van der Waals surface area contributed by atoms with Crippen LogP contribution in [0.5, 0.6) is 0 Å². The SMILES string of the molecule is Cn1ncc2c(NC3(CC(=O)O)CCCCC3)ncnc21. The number of carboxylic acids is 1. The lowest BCUT2D eigenvalue weighted by molar-refractivity contribution is -0.138. The summed E-state index contributed by atoms with van der Waals surface area (Å²) in [4.78, 5) is 19.8. The summed E-state index contributed by atoms with van der Waals surface area (Å²) in [5.74, 6) is -0.0999. The molecule has 7 nitrogen and oxygen atoms in total. The van der Waals surface area contributed by atoms with E-state index in [9.17, 15) is 9.90 Å². The van der Waals surface area contributed by atoms with Crippen LogP contribution in [0.15, 0.2) is 12.5 Å². The minimum Gasteiger partial charge on any atom is -0.481 e. The van der Waals surface area contributed by atoms with E-state index in [2.05, 4.69) is 20.4 Å². The number of carboxylic acid groups (broad SMARTS) is 1. The average molecular weight is 289 g/mol. The Hall–Kier alpha value is -2.18. The van der Waals surface area contributed by atoms with Crippen molar-refractivity contribution in [2.24, 2.45) is 7.05 Å². The topological polar surface area (TPSA) is 92.9 Å². The van der Waals surface area contributed by atoms with Gasteiger partial charge in [-0.25, -0.2) is 9.97 Å². The number of anilines is 1. The van der Waals surface area contributed by atoms with Crippen LogP contribution in [0.2, 0.25) is 0 Å². The van der Waals surface area contributed by atoms with E-state index in [0.29, 0.717) is 5.82 Å². The molecule has 0 spiro atoms. The molecule has 2 N–H and O–H groups in total. The molecule has 2 aromatic rings. The van der Waals surface area contributed by atoms with Crippen molar-refractivity contribution in [3.8, 4) is 0 Å². The second kappa shape index (κ2) is 5.31. The summed E-state index contributed by atoms with van der Waals surface area (Å²) >= 11 is 0. The van der Waals surface area contributed by atoms with E-state index < -0.39 is 11.5 Å². The molecule has 3 rings (SSSR count). The molecule has 0 radical (unpaired) electrons. The molecule has 7 heteroatoms. The molecule has 1 aliphatic carbocycles. The third kappa shape index (κ3) is 2.68. The molecule has 1 saturated carbocycles. The molecule has 0 aromatic carbocycles. The molecule has 2 aromatic heterocycles. The summed E-state index contributed by atoms with van der Waals surface area (Å²) in [6, 6.07) is 0. The lowest BCUT2D eigenvalue weighted by Gasteiger charge is -2.37. The summed E-state index contributed by atoms with van der Waals surface area (Å²) in [5, 5.41) is 17.7. The van der Waals surface area contributed by atoms with Gasteiger partial charge in [-0.1, -0.05) is 19.3 Å². The van der Waals surface area contributed by atoms with Gasteiger partial charge in [-0.3, -0.25) is 9.48 Å². The first-order chi connectivity index (χ1) is 10.1. The maximum absolute atomic E-state index is 11.2. The number of carbonyl (C=O) groups is 1. The van der Waals surface area contributed by atoms with Crippen molar-refractivity contribution < 1.29 is 9.90 Å². The number of aliphatic carboxylic acids is 1. The third-order valence-electron chi connectivity index (χ3n) is 4.21. The number of aromatic nitrogens is 4. The highest BCUT2D eigenvalue weighted by molar-refractivity contribution is 5.86. The van der Waals surface area contributed by atoms with Crippen LogP contribution in [0, 0.1) is 0 Å². The Bertz CT molecular complexity index is 660. The molecule has 0 amide bonds. The van der Waals surface area contributed by atoms with Gasteiger partial charge in [0.2, 0.25) is 0 Å². The number of hydrogen-bond acceptors (Lipinski definition) is 5. The van der Waals surface area contributed by atoms with Gasteiger partial charge in [-0.2, -0.15) is 5.10 Å². The van der Waals surface area contributed by atoms with Crippen molar-refractivity contribution in [1.82, 2.24) is 19.7 Å². The standard InChI is InChI=1S/C14H19N5O2/c1-19-13-10(8-17-19)12(15-9-16-13)18-14(7-11(20)21)5-3-2-4-6-14/h8-9H,2-7H2,1H3,(H,20,21)(H,15,16,18). The number of hydrogen-bond donors (Lipinski definition) is 2. The van der Waals surface area contributed by atoms with E-state index in [0.717, 1.165) is 43.1 Å². The molecule has 21 heavy (non-hydrogen) atoms. The fourth-order valence-corrected chi connectivity index (χ4v) is 3.18. The zero-order valence-electron chi connectivity index (χ0n) is 12.0. The summed E-state index contributed by atoms with van der Waals surface area (Å²) in [7, 11) is 1.83. The monoisotopic (exact) mass is 289 g/mol. The smallest absolute Gasteiger partial charge is 0.305 e. The van der Waals surface area contributed by atoms with Gasteiger partial charge in [0.1, 0.15) is 12.1 Å². The van der Waals surface area contributed by atoms with Crippen molar-refractivity contribution >= 4 is 22.8 Å². The van der Waals surface area contributed by atoms with Crippen LogP contribution < -0.4 is 5.32 Å². The molecule has 1 fully saturated rings. The number of nitrogens with zero attached hydrogens (tertiary/aromatic N) is 4. The zero-order valence-corrected chi connectivity index (χ0v) is 12.0. The number of rotatable bonds is 4. The quantitative estimate of drug-likeness (QED) is 0.893. The molecule has 0 bridgehead atoms. The fourth-order valence-electron chi connectivity index (χ4n) is 3.18. The second-order valence-electron chi connectivity index (χ2n) is 5.76. The van der Waals surface area contributed by atoms with Gasteiger partial charge >= 0.3 is 5.97 Å². The summed E-state index contributed by atoms with van der Waals surface area (Å²) in [6.45, 7) is 0. The fraction of sp³-hybridized carbons (Fsp3) is 0.571. The lowest BCUT2D eigenvalue weighted by Crippen LogP contribution is -2.42. The normalized spacial score (nSPS) is 17.8. The highest BCUT2D eigenvalue weighted by Crippen LogP contribution is 2.35. The predicted octanol–water partition coefficient (Wildman–Crippen LogP) is 1.95. The van der Waals surface area contributed by atoms with Crippen molar-refractivity contribution in [2.75, 3.05) is 5.32 Å². The second-order valence-corrected chi connectivity index (χ2v) is 5.76. The van der Waals surface area contributed by atoms with Crippen LogP contribution in [0.4, 0.5) is 5.82 Å². The van der Waals surface area contributed by atoms with Gasteiger partial charge in [-0.15, -0.1) is 0 Å². The van der Waals surface area contributed by atoms with Crippen molar-refractivity contribution in [2.45, 2.75) is 44.1 Å². The van der Waals surface area contributed by atoms with E-state index in [1.807, 2.05) is 7.05 Å². The van der Waals surface area contributed by atoms with Crippen molar-refractivity contribution in [3.63, 3.8) is 0 Å². The van der Waals surface area contributed by atoms with Crippen LogP contribution in [0.25, 0.3) is 11.0 Å².